The predicted molar refractivity (Wildman–Crippen MR) is 51.4 cm³/mol. The third-order valence-corrected chi connectivity index (χ3v) is 2.04. The summed E-state index contributed by atoms with van der Waals surface area (Å²) in [5, 5.41) is 21.1. The first-order valence-corrected chi connectivity index (χ1v) is 4.03. The summed E-state index contributed by atoms with van der Waals surface area (Å²) in [6.07, 6.45) is 0. The van der Waals surface area contributed by atoms with Crippen LogP contribution in [-0.4, -0.2) is 16.1 Å². The van der Waals surface area contributed by atoms with Crippen molar-refractivity contribution >= 4 is 16.8 Å². The maximum absolute atomic E-state index is 9.62. The van der Waals surface area contributed by atoms with Crippen LogP contribution in [0.1, 0.15) is 11.3 Å². The number of amidine groups is 1. The highest BCUT2D eigenvalue weighted by molar-refractivity contribution is 6.00. The molecule has 14 heavy (non-hydrogen) atoms. The standard InChI is InChI=1S/C9H9N3O2/c1-4-8-6(13)2-5(9(10)11)3-7(8)14-12-4/h2-3,13H,1H3,(H3,10,11). The van der Waals surface area contributed by atoms with Gasteiger partial charge in [-0.15, -0.1) is 0 Å². The fourth-order valence-electron chi connectivity index (χ4n) is 1.36. The van der Waals surface area contributed by atoms with E-state index in [1.807, 2.05) is 0 Å². The molecule has 0 saturated carbocycles. The lowest BCUT2D eigenvalue weighted by atomic mass is 10.1. The number of benzene rings is 1. The van der Waals surface area contributed by atoms with Gasteiger partial charge in [0.05, 0.1) is 11.1 Å². The molecule has 0 unspecified atom stereocenters. The smallest absolute Gasteiger partial charge is 0.171 e. The number of aromatic nitrogens is 1. The van der Waals surface area contributed by atoms with Gasteiger partial charge >= 0.3 is 0 Å². The van der Waals surface area contributed by atoms with Crippen molar-refractivity contribution in [3.05, 3.63) is 23.4 Å². The largest absolute Gasteiger partial charge is 0.507 e. The second kappa shape index (κ2) is 2.73. The molecular formula is C9H9N3O2. The zero-order chi connectivity index (χ0) is 10.3. The van der Waals surface area contributed by atoms with E-state index in [1.54, 1.807) is 13.0 Å². The molecule has 0 aliphatic rings. The molecule has 4 N–H and O–H groups in total. The Labute approximate surface area is 79.6 Å². The molecule has 72 valence electrons. The van der Waals surface area contributed by atoms with Crippen LogP contribution in [0.3, 0.4) is 0 Å². The summed E-state index contributed by atoms with van der Waals surface area (Å²) in [6.45, 7) is 1.74. The topological polar surface area (TPSA) is 96.1 Å². The number of aromatic hydroxyl groups is 1. The highest BCUT2D eigenvalue weighted by atomic mass is 16.5. The van der Waals surface area contributed by atoms with E-state index in [0.29, 0.717) is 22.2 Å². The third-order valence-electron chi connectivity index (χ3n) is 2.04. The average molecular weight is 191 g/mol. The van der Waals surface area contributed by atoms with Crippen LogP contribution in [0.4, 0.5) is 0 Å². The van der Waals surface area contributed by atoms with E-state index in [1.165, 1.54) is 6.07 Å². The zero-order valence-corrected chi connectivity index (χ0v) is 7.53. The van der Waals surface area contributed by atoms with Gasteiger partial charge in [0, 0.05) is 5.56 Å². The predicted octanol–water partition coefficient (Wildman–Crippen LogP) is 1.13. The molecule has 5 heteroatoms. The van der Waals surface area contributed by atoms with E-state index < -0.39 is 0 Å². The quantitative estimate of drug-likeness (QED) is 0.465. The molecule has 0 atom stereocenters. The van der Waals surface area contributed by atoms with Gasteiger partial charge in [-0.3, -0.25) is 5.41 Å². The second-order valence-corrected chi connectivity index (χ2v) is 3.05. The van der Waals surface area contributed by atoms with Crippen LogP contribution in [-0.2, 0) is 0 Å². The van der Waals surface area contributed by atoms with Gasteiger partial charge in [0.2, 0.25) is 0 Å². The summed E-state index contributed by atoms with van der Waals surface area (Å²) in [7, 11) is 0. The number of nitrogens with zero attached hydrogens (tertiary/aromatic N) is 1. The first-order chi connectivity index (χ1) is 6.59. The number of aryl methyl sites for hydroxylation is 1. The van der Waals surface area contributed by atoms with Crippen LogP contribution in [0.5, 0.6) is 5.75 Å². The zero-order valence-electron chi connectivity index (χ0n) is 7.53. The van der Waals surface area contributed by atoms with Crippen LogP contribution >= 0.6 is 0 Å². The number of rotatable bonds is 1. The second-order valence-electron chi connectivity index (χ2n) is 3.05. The maximum Gasteiger partial charge on any atom is 0.171 e. The van der Waals surface area contributed by atoms with Crippen LogP contribution < -0.4 is 5.73 Å². The molecule has 2 aromatic rings. The SMILES string of the molecule is Cc1noc2cc(C(=N)N)cc(O)c12. The lowest BCUT2D eigenvalue weighted by molar-refractivity contribution is 0.450. The summed E-state index contributed by atoms with van der Waals surface area (Å²) in [5.41, 5.74) is 6.77. The van der Waals surface area contributed by atoms with Crippen LogP contribution in [0.25, 0.3) is 11.0 Å². The van der Waals surface area contributed by atoms with E-state index in [0.717, 1.165) is 0 Å². The van der Waals surface area contributed by atoms with Crippen LogP contribution in [0.15, 0.2) is 16.7 Å². The van der Waals surface area contributed by atoms with Crippen LogP contribution in [0, 0.1) is 12.3 Å². The lowest BCUT2D eigenvalue weighted by Crippen LogP contribution is -2.10. The van der Waals surface area contributed by atoms with E-state index >= 15 is 0 Å². The van der Waals surface area contributed by atoms with Crippen molar-refractivity contribution in [3.63, 3.8) is 0 Å². The summed E-state index contributed by atoms with van der Waals surface area (Å²) < 4.78 is 4.96. The molecule has 0 fully saturated rings. The monoisotopic (exact) mass is 191 g/mol. The van der Waals surface area contributed by atoms with Crippen molar-refractivity contribution in [2.45, 2.75) is 6.92 Å². The third kappa shape index (κ3) is 1.10. The highest BCUT2D eigenvalue weighted by Gasteiger charge is 2.11. The maximum atomic E-state index is 9.62. The van der Waals surface area contributed by atoms with Gasteiger partial charge in [0.1, 0.15) is 11.6 Å². The summed E-state index contributed by atoms with van der Waals surface area (Å²) in [5.74, 6) is -0.0808. The Morgan fingerprint density at radius 3 is 2.93 bits per heavy atom. The number of fused-ring (bicyclic) bond motifs is 1. The van der Waals surface area contributed by atoms with Gasteiger partial charge in [-0.1, -0.05) is 5.16 Å². The summed E-state index contributed by atoms with van der Waals surface area (Å²) >= 11 is 0. The Morgan fingerprint density at radius 2 is 2.29 bits per heavy atom. The molecule has 0 aliphatic heterocycles. The molecule has 2 rings (SSSR count). The van der Waals surface area contributed by atoms with Crippen LogP contribution in [0.2, 0.25) is 0 Å². The minimum atomic E-state index is -0.115. The van der Waals surface area contributed by atoms with Gasteiger partial charge < -0.3 is 15.4 Å². The van der Waals surface area contributed by atoms with E-state index in [4.69, 9.17) is 15.7 Å². The van der Waals surface area contributed by atoms with Crippen molar-refractivity contribution in [1.29, 1.82) is 5.41 Å². The van der Waals surface area contributed by atoms with Gasteiger partial charge in [-0.2, -0.15) is 0 Å². The number of nitrogens with one attached hydrogen (secondary N) is 1. The van der Waals surface area contributed by atoms with Crippen molar-refractivity contribution in [2.75, 3.05) is 0 Å². The number of nitrogen functional groups attached to an aromatic ring is 1. The Hall–Kier alpha value is -2.04. The van der Waals surface area contributed by atoms with Gasteiger partial charge in [0.25, 0.3) is 0 Å². The molecule has 0 saturated heterocycles. The molecule has 0 amide bonds. The minimum Gasteiger partial charge on any atom is -0.507 e. The molecule has 0 spiro atoms. The molecule has 1 aromatic carbocycles. The van der Waals surface area contributed by atoms with Crippen molar-refractivity contribution in [2.24, 2.45) is 5.73 Å². The Bertz CT molecular complexity index is 516. The first-order valence-electron chi connectivity index (χ1n) is 4.03. The van der Waals surface area contributed by atoms with Crippen molar-refractivity contribution in [1.82, 2.24) is 5.16 Å². The number of hydrogen-bond donors (Lipinski definition) is 3. The molecule has 1 heterocycles. The lowest BCUT2D eigenvalue weighted by Gasteiger charge is -1.99. The number of phenolic OH excluding ortho intramolecular Hbond substituents is 1. The molecule has 0 aliphatic carbocycles. The highest BCUT2D eigenvalue weighted by Crippen LogP contribution is 2.28. The Morgan fingerprint density at radius 1 is 1.57 bits per heavy atom. The van der Waals surface area contributed by atoms with Gasteiger partial charge in [-0.05, 0) is 19.1 Å². The van der Waals surface area contributed by atoms with Crippen molar-refractivity contribution < 1.29 is 9.63 Å². The molecule has 1 aromatic heterocycles. The molecule has 0 radical (unpaired) electrons. The van der Waals surface area contributed by atoms with E-state index in [9.17, 15) is 5.11 Å². The fraction of sp³-hybridized carbons (Fsp3) is 0.111. The molecule has 0 bridgehead atoms. The molecular weight excluding hydrogens is 182 g/mol. The Kier molecular flexibility index (Phi) is 1.67. The summed E-state index contributed by atoms with van der Waals surface area (Å²) in [6, 6.07) is 3.01. The first kappa shape index (κ1) is 8.55. The van der Waals surface area contributed by atoms with Crippen molar-refractivity contribution in [3.8, 4) is 5.75 Å². The normalized spacial score (nSPS) is 10.6. The number of phenols is 1. The van der Waals surface area contributed by atoms with E-state index in [-0.39, 0.29) is 11.6 Å². The summed E-state index contributed by atoms with van der Waals surface area (Å²) in [4.78, 5) is 0. The average Bonchev–Trinajstić information content (AvgIpc) is 2.48. The number of hydrogen-bond acceptors (Lipinski definition) is 4. The number of nitrogens with two attached hydrogens (primary N) is 1. The van der Waals surface area contributed by atoms with E-state index in [2.05, 4.69) is 5.16 Å². The van der Waals surface area contributed by atoms with Gasteiger partial charge in [0.15, 0.2) is 5.58 Å². The Balaban J connectivity index is 2.80. The van der Waals surface area contributed by atoms with Gasteiger partial charge in [-0.25, -0.2) is 0 Å². The minimum absolute atomic E-state index is 0.0338. The fourth-order valence-corrected chi connectivity index (χ4v) is 1.36. The molecule has 5 nitrogen and oxygen atoms in total.